The van der Waals surface area contributed by atoms with Crippen LogP contribution in [0.4, 0.5) is 0 Å². The Bertz CT molecular complexity index is 659. The smallest absolute Gasteiger partial charge is 0.227 e. The third kappa shape index (κ3) is 4.20. The molecule has 3 nitrogen and oxygen atoms in total. The van der Waals surface area contributed by atoms with Gasteiger partial charge in [0.25, 0.3) is 0 Å². The predicted octanol–water partition coefficient (Wildman–Crippen LogP) is 3.76. The normalized spacial score (nSPS) is 11.5. The number of carbonyl (C=O) groups is 1. The van der Waals surface area contributed by atoms with Crippen LogP contribution in [0.25, 0.3) is 0 Å². The Morgan fingerprint density at radius 3 is 2.64 bits per heavy atom. The van der Waals surface area contributed by atoms with E-state index < -0.39 is 0 Å². The van der Waals surface area contributed by atoms with Gasteiger partial charge in [0.2, 0.25) is 5.91 Å². The summed E-state index contributed by atoms with van der Waals surface area (Å²) >= 11 is 0. The highest BCUT2D eigenvalue weighted by Crippen LogP contribution is 2.21. The Morgan fingerprint density at radius 2 is 1.95 bits per heavy atom. The summed E-state index contributed by atoms with van der Waals surface area (Å²) in [5.41, 5.74) is 2.60. The molecule has 1 N–H and O–H groups in total. The Morgan fingerprint density at radius 1 is 1.18 bits per heavy atom. The lowest BCUT2D eigenvalue weighted by Gasteiger charge is -2.16. The molecule has 3 heteroatoms. The van der Waals surface area contributed by atoms with Crippen molar-refractivity contribution in [1.29, 1.82) is 5.26 Å². The van der Waals surface area contributed by atoms with Crippen molar-refractivity contribution < 1.29 is 4.79 Å². The van der Waals surface area contributed by atoms with Gasteiger partial charge in [0.05, 0.1) is 17.6 Å². The van der Waals surface area contributed by atoms with Crippen LogP contribution in [0.3, 0.4) is 0 Å². The molecule has 112 valence electrons. The maximum absolute atomic E-state index is 12.5. The van der Waals surface area contributed by atoms with Gasteiger partial charge in [0, 0.05) is 6.54 Å². The lowest BCUT2D eigenvalue weighted by atomic mass is 9.93. The monoisotopic (exact) mass is 292 g/mol. The van der Waals surface area contributed by atoms with Gasteiger partial charge in [0.15, 0.2) is 0 Å². The van der Waals surface area contributed by atoms with E-state index in [1.54, 1.807) is 12.1 Å². The van der Waals surface area contributed by atoms with Gasteiger partial charge in [-0.15, -0.1) is 0 Å². The van der Waals surface area contributed by atoms with Crippen molar-refractivity contribution in [1.82, 2.24) is 5.32 Å². The van der Waals surface area contributed by atoms with E-state index in [-0.39, 0.29) is 11.8 Å². The summed E-state index contributed by atoms with van der Waals surface area (Å²) in [7, 11) is 0. The van der Waals surface area contributed by atoms with Gasteiger partial charge in [-0.1, -0.05) is 55.8 Å². The third-order valence-electron chi connectivity index (χ3n) is 3.62. The summed E-state index contributed by atoms with van der Waals surface area (Å²) in [6, 6.07) is 19.3. The van der Waals surface area contributed by atoms with E-state index in [0.717, 1.165) is 24.0 Å². The number of nitriles is 1. The van der Waals surface area contributed by atoms with Crippen LogP contribution in [0, 0.1) is 11.3 Å². The van der Waals surface area contributed by atoms with E-state index in [1.807, 2.05) is 42.5 Å². The fraction of sp³-hybridized carbons (Fsp3) is 0.263. The fourth-order valence-electron chi connectivity index (χ4n) is 2.49. The van der Waals surface area contributed by atoms with E-state index in [0.29, 0.717) is 12.1 Å². The average molecular weight is 292 g/mol. The maximum Gasteiger partial charge on any atom is 0.227 e. The van der Waals surface area contributed by atoms with E-state index in [4.69, 9.17) is 5.26 Å². The molecule has 2 aromatic rings. The minimum Gasteiger partial charge on any atom is -0.351 e. The summed E-state index contributed by atoms with van der Waals surface area (Å²) < 4.78 is 0. The Kier molecular flexibility index (Phi) is 5.73. The zero-order valence-electron chi connectivity index (χ0n) is 12.8. The van der Waals surface area contributed by atoms with Gasteiger partial charge in [-0.05, 0) is 29.7 Å². The molecule has 0 aromatic heterocycles. The average Bonchev–Trinajstić information content (AvgIpc) is 2.58. The first kappa shape index (κ1) is 15.8. The zero-order chi connectivity index (χ0) is 15.8. The number of benzene rings is 2. The van der Waals surface area contributed by atoms with Crippen molar-refractivity contribution in [2.24, 2.45) is 0 Å². The fourth-order valence-corrected chi connectivity index (χ4v) is 2.49. The first-order valence-corrected chi connectivity index (χ1v) is 7.56. The van der Waals surface area contributed by atoms with Crippen LogP contribution in [0.1, 0.15) is 42.4 Å². The first-order chi connectivity index (χ1) is 10.7. The van der Waals surface area contributed by atoms with Crippen molar-refractivity contribution in [2.45, 2.75) is 32.2 Å². The summed E-state index contributed by atoms with van der Waals surface area (Å²) in [5, 5.41) is 11.9. The SMILES string of the molecule is CCCC(C(=O)NCc1cccc(C#N)c1)c1ccccc1. The standard InChI is InChI=1S/C19H20N2O/c1-2-7-18(17-10-4-3-5-11-17)19(22)21-14-16-9-6-8-15(12-16)13-20/h3-6,8-12,18H,2,7,14H2,1H3,(H,21,22). The zero-order valence-corrected chi connectivity index (χ0v) is 12.8. The van der Waals surface area contributed by atoms with Crippen LogP contribution in [0.15, 0.2) is 54.6 Å². The molecular weight excluding hydrogens is 272 g/mol. The molecule has 0 aliphatic rings. The number of nitrogens with zero attached hydrogens (tertiary/aromatic N) is 1. The van der Waals surface area contributed by atoms with Gasteiger partial charge < -0.3 is 5.32 Å². The minimum absolute atomic E-state index is 0.0374. The topological polar surface area (TPSA) is 52.9 Å². The van der Waals surface area contributed by atoms with Crippen LogP contribution in [0.5, 0.6) is 0 Å². The second-order valence-corrected chi connectivity index (χ2v) is 5.28. The second-order valence-electron chi connectivity index (χ2n) is 5.28. The van der Waals surface area contributed by atoms with Crippen LogP contribution >= 0.6 is 0 Å². The number of hydrogen-bond donors (Lipinski definition) is 1. The number of nitrogens with one attached hydrogen (secondary N) is 1. The number of carbonyl (C=O) groups excluding carboxylic acids is 1. The first-order valence-electron chi connectivity index (χ1n) is 7.56. The lowest BCUT2D eigenvalue weighted by molar-refractivity contribution is -0.122. The molecule has 0 aliphatic carbocycles. The van der Waals surface area contributed by atoms with Gasteiger partial charge >= 0.3 is 0 Å². The molecule has 2 rings (SSSR count). The largest absolute Gasteiger partial charge is 0.351 e. The molecule has 1 unspecified atom stereocenters. The molecule has 0 radical (unpaired) electrons. The predicted molar refractivity (Wildman–Crippen MR) is 87.1 cm³/mol. The van der Waals surface area contributed by atoms with E-state index in [9.17, 15) is 4.79 Å². The number of hydrogen-bond acceptors (Lipinski definition) is 2. The molecule has 0 heterocycles. The van der Waals surface area contributed by atoms with Crippen molar-refractivity contribution >= 4 is 5.91 Å². The molecule has 0 spiro atoms. The summed E-state index contributed by atoms with van der Waals surface area (Å²) in [4.78, 5) is 12.5. The highest BCUT2D eigenvalue weighted by molar-refractivity contribution is 5.83. The molecular formula is C19H20N2O. The van der Waals surface area contributed by atoms with Gasteiger partial charge in [-0.25, -0.2) is 0 Å². The van der Waals surface area contributed by atoms with E-state index in [2.05, 4.69) is 18.3 Å². The van der Waals surface area contributed by atoms with Crippen molar-refractivity contribution in [3.05, 3.63) is 71.3 Å². The van der Waals surface area contributed by atoms with Crippen molar-refractivity contribution in [3.8, 4) is 6.07 Å². The minimum atomic E-state index is -0.120. The molecule has 0 aliphatic heterocycles. The molecule has 2 aromatic carbocycles. The third-order valence-corrected chi connectivity index (χ3v) is 3.62. The quantitative estimate of drug-likeness (QED) is 0.881. The summed E-state index contributed by atoms with van der Waals surface area (Å²) in [6.07, 6.45) is 1.78. The van der Waals surface area contributed by atoms with Gasteiger partial charge in [-0.2, -0.15) is 5.26 Å². The summed E-state index contributed by atoms with van der Waals surface area (Å²) in [5.74, 6) is -0.0826. The van der Waals surface area contributed by atoms with Gasteiger partial charge in [0.1, 0.15) is 0 Å². The van der Waals surface area contributed by atoms with Crippen LogP contribution < -0.4 is 5.32 Å². The Labute approximate surface area is 131 Å². The van der Waals surface area contributed by atoms with Crippen molar-refractivity contribution in [2.75, 3.05) is 0 Å². The van der Waals surface area contributed by atoms with Crippen LogP contribution in [0.2, 0.25) is 0 Å². The maximum atomic E-state index is 12.5. The van der Waals surface area contributed by atoms with Crippen molar-refractivity contribution in [3.63, 3.8) is 0 Å². The Balaban J connectivity index is 2.04. The molecule has 22 heavy (non-hydrogen) atoms. The van der Waals surface area contributed by atoms with E-state index in [1.165, 1.54) is 0 Å². The molecule has 0 fully saturated rings. The molecule has 0 saturated heterocycles. The van der Waals surface area contributed by atoms with Crippen LogP contribution in [-0.4, -0.2) is 5.91 Å². The lowest BCUT2D eigenvalue weighted by Crippen LogP contribution is -2.29. The molecule has 0 saturated carbocycles. The number of rotatable bonds is 6. The highest BCUT2D eigenvalue weighted by Gasteiger charge is 2.19. The second kappa shape index (κ2) is 7.99. The molecule has 1 amide bonds. The summed E-state index contributed by atoms with van der Waals surface area (Å²) in [6.45, 7) is 2.53. The van der Waals surface area contributed by atoms with Gasteiger partial charge in [-0.3, -0.25) is 4.79 Å². The molecule has 1 atom stereocenters. The Hall–Kier alpha value is -2.60. The number of amides is 1. The molecule has 0 bridgehead atoms. The van der Waals surface area contributed by atoms with E-state index >= 15 is 0 Å². The van der Waals surface area contributed by atoms with Crippen LogP contribution in [-0.2, 0) is 11.3 Å². The highest BCUT2D eigenvalue weighted by atomic mass is 16.1.